The lowest BCUT2D eigenvalue weighted by Gasteiger charge is -1.90. The first-order valence-corrected chi connectivity index (χ1v) is 4.60. The highest BCUT2D eigenvalue weighted by Crippen LogP contribution is 1.94. The maximum absolute atomic E-state index is 4.06. The number of hydrogen-bond donors (Lipinski definition) is 0. The molecule has 68 valence electrons. The van der Waals surface area contributed by atoms with Crippen molar-refractivity contribution < 1.29 is 0 Å². The van der Waals surface area contributed by atoms with E-state index in [0.717, 1.165) is 17.8 Å². The van der Waals surface area contributed by atoms with Gasteiger partial charge in [-0.05, 0) is 13.3 Å². The van der Waals surface area contributed by atoms with Crippen LogP contribution in [0.5, 0.6) is 0 Å². The number of nitrogens with zero attached hydrogens (tertiary/aromatic N) is 2. The quantitative estimate of drug-likeness (QED) is 0.508. The lowest BCUT2D eigenvalue weighted by molar-refractivity contribution is 0.828. The molecule has 0 aromatic carbocycles. The number of rotatable bonds is 2. The zero-order valence-corrected chi connectivity index (χ0v) is 8.17. The highest BCUT2D eigenvalue weighted by Gasteiger charge is 1.87. The van der Waals surface area contributed by atoms with Crippen LogP contribution in [-0.4, -0.2) is 9.97 Å². The molecule has 2 heteroatoms. The monoisotopic (exact) mass is 174 g/mol. The summed E-state index contributed by atoms with van der Waals surface area (Å²) in [6.07, 6.45) is 6.85. The van der Waals surface area contributed by atoms with Crippen molar-refractivity contribution in [2.45, 2.75) is 33.1 Å². The Morgan fingerprint density at radius 1 is 1.31 bits per heavy atom. The van der Waals surface area contributed by atoms with Gasteiger partial charge < -0.3 is 0 Å². The normalized spacial score (nSPS) is 9.08. The summed E-state index contributed by atoms with van der Waals surface area (Å²) in [5, 5.41) is 0. The molecule has 0 N–H and O–H groups in total. The summed E-state index contributed by atoms with van der Waals surface area (Å²) in [5.74, 6) is 6.91. The summed E-state index contributed by atoms with van der Waals surface area (Å²) >= 11 is 0. The van der Waals surface area contributed by atoms with Crippen molar-refractivity contribution in [2.75, 3.05) is 0 Å². The summed E-state index contributed by atoms with van der Waals surface area (Å²) in [4.78, 5) is 8.13. The zero-order valence-electron chi connectivity index (χ0n) is 8.17. The van der Waals surface area contributed by atoms with Crippen LogP contribution in [0.25, 0.3) is 0 Å². The third-order valence-corrected chi connectivity index (χ3v) is 1.67. The molecule has 0 atom stereocenters. The van der Waals surface area contributed by atoms with Crippen molar-refractivity contribution >= 4 is 0 Å². The van der Waals surface area contributed by atoms with E-state index in [0.29, 0.717) is 0 Å². The van der Waals surface area contributed by atoms with E-state index in [1.54, 1.807) is 12.4 Å². The van der Waals surface area contributed by atoms with Gasteiger partial charge in [-0.1, -0.05) is 25.2 Å². The van der Waals surface area contributed by atoms with Crippen molar-refractivity contribution in [3.05, 3.63) is 23.8 Å². The van der Waals surface area contributed by atoms with Gasteiger partial charge in [-0.2, -0.15) is 0 Å². The minimum atomic E-state index is 0.791. The minimum Gasteiger partial charge on any atom is -0.240 e. The van der Waals surface area contributed by atoms with E-state index in [2.05, 4.69) is 28.7 Å². The third-order valence-electron chi connectivity index (χ3n) is 1.67. The Morgan fingerprint density at radius 2 is 2.00 bits per heavy atom. The van der Waals surface area contributed by atoms with Crippen LogP contribution in [0.1, 0.15) is 37.6 Å². The first-order valence-electron chi connectivity index (χ1n) is 4.60. The van der Waals surface area contributed by atoms with Crippen LogP contribution in [0.15, 0.2) is 12.4 Å². The molecule has 1 aromatic heterocycles. The van der Waals surface area contributed by atoms with Gasteiger partial charge in [0.15, 0.2) is 0 Å². The van der Waals surface area contributed by atoms with Gasteiger partial charge in [0.1, 0.15) is 5.82 Å². The van der Waals surface area contributed by atoms with E-state index in [1.165, 1.54) is 12.8 Å². The van der Waals surface area contributed by atoms with E-state index in [1.807, 2.05) is 6.92 Å². The van der Waals surface area contributed by atoms with Crippen molar-refractivity contribution in [1.82, 2.24) is 9.97 Å². The van der Waals surface area contributed by atoms with E-state index >= 15 is 0 Å². The molecule has 0 unspecified atom stereocenters. The maximum Gasteiger partial charge on any atom is 0.125 e. The Labute approximate surface area is 79.4 Å². The largest absolute Gasteiger partial charge is 0.240 e. The fraction of sp³-hybridized carbons (Fsp3) is 0.455. The lowest BCUT2D eigenvalue weighted by atomic mass is 10.2. The van der Waals surface area contributed by atoms with Crippen molar-refractivity contribution in [3.63, 3.8) is 0 Å². The second-order valence-electron chi connectivity index (χ2n) is 2.92. The summed E-state index contributed by atoms with van der Waals surface area (Å²) in [5.41, 5.74) is 0.904. The van der Waals surface area contributed by atoms with Crippen LogP contribution < -0.4 is 0 Å². The van der Waals surface area contributed by atoms with Crippen molar-refractivity contribution in [3.8, 4) is 11.8 Å². The fourth-order valence-corrected chi connectivity index (χ4v) is 0.887. The molecule has 0 aliphatic carbocycles. The molecule has 1 rings (SSSR count). The van der Waals surface area contributed by atoms with Gasteiger partial charge in [0.05, 0.1) is 5.56 Å². The van der Waals surface area contributed by atoms with Gasteiger partial charge in [0.25, 0.3) is 0 Å². The molecular formula is C11H14N2. The molecule has 0 fully saturated rings. The summed E-state index contributed by atoms with van der Waals surface area (Å²) in [7, 11) is 0. The zero-order chi connectivity index (χ0) is 9.52. The molecule has 13 heavy (non-hydrogen) atoms. The summed E-state index contributed by atoms with van der Waals surface area (Å²) in [6, 6.07) is 0. The van der Waals surface area contributed by atoms with Gasteiger partial charge in [-0.15, -0.1) is 0 Å². The lowest BCUT2D eigenvalue weighted by Crippen LogP contribution is -1.86. The van der Waals surface area contributed by atoms with Crippen LogP contribution >= 0.6 is 0 Å². The molecule has 1 heterocycles. The molecule has 0 saturated heterocycles. The van der Waals surface area contributed by atoms with E-state index in [-0.39, 0.29) is 0 Å². The maximum atomic E-state index is 4.06. The second-order valence-corrected chi connectivity index (χ2v) is 2.92. The van der Waals surface area contributed by atoms with E-state index < -0.39 is 0 Å². The van der Waals surface area contributed by atoms with Gasteiger partial charge in [0.2, 0.25) is 0 Å². The van der Waals surface area contributed by atoms with E-state index in [9.17, 15) is 0 Å². The number of unbranched alkanes of at least 4 members (excludes halogenated alkanes) is 2. The van der Waals surface area contributed by atoms with Gasteiger partial charge in [0, 0.05) is 18.8 Å². The molecule has 1 aromatic rings. The van der Waals surface area contributed by atoms with Crippen molar-refractivity contribution in [1.29, 1.82) is 0 Å². The number of hydrogen-bond acceptors (Lipinski definition) is 2. The van der Waals surface area contributed by atoms with Crippen LogP contribution in [0.3, 0.4) is 0 Å². The molecule has 2 nitrogen and oxygen atoms in total. The third kappa shape index (κ3) is 3.71. The molecule has 0 saturated carbocycles. The van der Waals surface area contributed by atoms with Crippen LogP contribution in [0.2, 0.25) is 0 Å². The smallest absolute Gasteiger partial charge is 0.125 e. The average Bonchev–Trinajstić information content (AvgIpc) is 2.15. The number of aromatic nitrogens is 2. The molecule has 0 bridgehead atoms. The molecular weight excluding hydrogens is 160 g/mol. The topological polar surface area (TPSA) is 25.8 Å². The van der Waals surface area contributed by atoms with Crippen molar-refractivity contribution in [2.24, 2.45) is 0 Å². The first-order chi connectivity index (χ1) is 6.33. The predicted molar refractivity (Wildman–Crippen MR) is 53.2 cm³/mol. The highest BCUT2D eigenvalue weighted by molar-refractivity contribution is 5.29. The van der Waals surface area contributed by atoms with Gasteiger partial charge >= 0.3 is 0 Å². The minimum absolute atomic E-state index is 0.791. The van der Waals surface area contributed by atoms with Crippen LogP contribution in [0, 0.1) is 18.8 Å². The SMILES string of the molecule is CCCCC#Cc1cnc(C)nc1. The van der Waals surface area contributed by atoms with Gasteiger partial charge in [-0.25, -0.2) is 9.97 Å². The standard InChI is InChI=1S/C11H14N2/c1-3-4-5-6-7-11-8-12-10(2)13-9-11/h8-9H,3-5H2,1-2H3. The van der Waals surface area contributed by atoms with Crippen LogP contribution in [-0.2, 0) is 0 Å². The molecule has 0 radical (unpaired) electrons. The Morgan fingerprint density at radius 3 is 2.62 bits per heavy atom. The van der Waals surface area contributed by atoms with Crippen LogP contribution in [0.4, 0.5) is 0 Å². The Hall–Kier alpha value is -1.36. The van der Waals surface area contributed by atoms with Gasteiger partial charge in [-0.3, -0.25) is 0 Å². The Bertz CT molecular complexity index is 303. The molecule has 0 aliphatic heterocycles. The Kier molecular flexibility index (Phi) is 3.98. The highest BCUT2D eigenvalue weighted by atomic mass is 14.8. The van der Waals surface area contributed by atoms with E-state index in [4.69, 9.17) is 0 Å². The Balaban J connectivity index is 2.52. The fourth-order valence-electron chi connectivity index (χ4n) is 0.887. The predicted octanol–water partition coefficient (Wildman–Crippen LogP) is 2.33. The molecule has 0 aliphatic rings. The average molecular weight is 174 g/mol. The first kappa shape index (κ1) is 9.73. The second kappa shape index (κ2) is 5.31. The molecule has 0 spiro atoms. The number of aryl methyl sites for hydroxylation is 1. The summed E-state index contributed by atoms with van der Waals surface area (Å²) < 4.78 is 0. The molecule has 0 amide bonds. The summed E-state index contributed by atoms with van der Waals surface area (Å²) in [6.45, 7) is 4.03.